The Balaban J connectivity index is 1.49. The quantitative estimate of drug-likeness (QED) is 0.164. The SMILES string of the molecule is COC(=O)c1ccc(CN2C(=O)NC(=Cc3ccc(OCc4ccc(C)cc4)c([N+](=O)[O-])c3)C2=O)o1. The molecule has 1 N–H and O–H groups in total. The summed E-state index contributed by atoms with van der Waals surface area (Å²) in [7, 11) is 1.20. The number of nitro groups is 1. The number of nitro benzene ring substituents is 1. The number of amides is 3. The number of urea groups is 1. The number of rotatable bonds is 8. The highest BCUT2D eigenvalue weighted by Gasteiger charge is 2.34. The predicted octanol–water partition coefficient (Wildman–Crippen LogP) is 3.95. The Hall–Kier alpha value is -4.93. The normalized spacial score (nSPS) is 14.2. The lowest BCUT2D eigenvalue weighted by Gasteiger charge is -2.09. The summed E-state index contributed by atoms with van der Waals surface area (Å²) >= 11 is 0. The molecular formula is C25H21N3O8. The van der Waals surface area contributed by atoms with Gasteiger partial charge in [-0.05, 0) is 42.3 Å². The number of methoxy groups -OCH3 is 1. The van der Waals surface area contributed by atoms with Crippen molar-refractivity contribution in [2.45, 2.75) is 20.1 Å². The number of imide groups is 1. The van der Waals surface area contributed by atoms with Crippen LogP contribution in [0.5, 0.6) is 5.75 Å². The predicted molar refractivity (Wildman–Crippen MR) is 126 cm³/mol. The van der Waals surface area contributed by atoms with Crippen molar-refractivity contribution in [1.82, 2.24) is 10.2 Å². The van der Waals surface area contributed by atoms with Crippen LogP contribution in [0, 0.1) is 17.0 Å². The maximum absolute atomic E-state index is 12.8. The van der Waals surface area contributed by atoms with Crippen molar-refractivity contribution in [1.29, 1.82) is 0 Å². The number of aryl methyl sites for hydroxylation is 1. The van der Waals surface area contributed by atoms with Crippen LogP contribution in [0.1, 0.15) is 33.0 Å². The van der Waals surface area contributed by atoms with Gasteiger partial charge in [-0.3, -0.25) is 19.8 Å². The number of furan rings is 1. The molecule has 1 aliphatic heterocycles. The van der Waals surface area contributed by atoms with Crippen molar-refractivity contribution >= 4 is 29.7 Å². The summed E-state index contributed by atoms with van der Waals surface area (Å²) < 4.78 is 15.5. The van der Waals surface area contributed by atoms with Gasteiger partial charge in [-0.2, -0.15) is 0 Å². The van der Waals surface area contributed by atoms with Crippen molar-refractivity contribution in [2.75, 3.05) is 7.11 Å². The van der Waals surface area contributed by atoms with E-state index in [4.69, 9.17) is 9.15 Å². The van der Waals surface area contributed by atoms with E-state index in [1.54, 1.807) is 6.07 Å². The molecule has 3 amide bonds. The minimum atomic E-state index is -0.699. The maximum Gasteiger partial charge on any atom is 0.373 e. The zero-order chi connectivity index (χ0) is 25.8. The van der Waals surface area contributed by atoms with Crippen molar-refractivity contribution < 1.29 is 33.2 Å². The first-order valence-electron chi connectivity index (χ1n) is 10.7. The molecule has 0 atom stereocenters. The van der Waals surface area contributed by atoms with Crippen LogP contribution in [0.3, 0.4) is 0 Å². The topological polar surface area (TPSA) is 141 Å². The Bertz CT molecular complexity index is 1370. The van der Waals surface area contributed by atoms with Gasteiger partial charge in [0.2, 0.25) is 5.76 Å². The number of benzene rings is 2. The first kappa shape index (κ1) is 24.2. The number of carbonyl (C=O) groups excluding carboxylic acids is 3. The molecular weight excluding hydrogens is 470 g/mol. The lowest BCUT2D eigenvalue weighted by Crippen LogP contribution is -2.30. The van der Waals surface area contributed by atoms with Gasteiger partial charge >= 0.3 is 17.7 Å². The molecule has 1 saturated heterocycles. The van der Waals surface area contributed by atoms with Gasteiger partial charge in [-0.15, -0.1) is 0 Å². The minimum absolute atomic E-state index is 0.0627. The van der Waals surface area contributed by atoms with Gasteiger partial charge in [0.15, 0.2) is 5.75 Å². The Kier molecular flexibility index (Phi) is 6.81. The van der Waals surface area contributed by atoms with Crippen molar-refractivity contribution in [2.24, 2.45) is 0 Å². The van der Waals surface area contributed by atoms with Crippen LogP contribution in [0.2, 0.25) is 0 Å². The minimum Gasteiger partial charge on any atom is -0.482 e. The molecule has 1 aliphatic rings. The van der Waals surface area contributed by atoms with Gasteiger partial charge < -0.3 is 19.2 Å². The molecule has 2 heterocycles. The lowest BCUT2D eigenvalue weighted by atomic mass is 10.1. The third-order valence-electron chi connectivity index (χ3n) is 5.33. The highest BCUT2D eigenvalue weighted by atomic mass is 16.6. The zero-order valence-electron chi connectivity index (χ0n) is 19.3. The molecule has 0 aliphatic carbocycles. The highest BCUT2D eigenvalue weighted by molar-refractivity contribution is 6.13. The molecule has 2 aromatic carbocycles. The first-order valence-corrected chi connectivity index (χ1v) is 10.7. The molecule has 184 valence electrons. The molecule has 0 unspecified atom stereocenters. The van der Waals surface area contributed by atoms with E-state index in [2.05, 4.69) is 10.1 Å². The van der Waals surface area contributed by atoms with Gasteiger partial charge in [-0.1, -0.05) is 35.9 Å². The average molecular weight is 491 g/mol. The monoisotopic (exact) mass is 491 g/mol. The van der Waals surface area contributed by atoms with Gasteiger partial charge in [0, 0.05) is 6.07 Å². The summed E-state index contributed by atoms with van der Waals surface area (Å²) in [5.41, 5.74) is 1.92. The third kappa shape index (κ3) is 5.25. The van der Waals surface area contributed by atoms with E-state index in [0.29, 0.717) is 5.56 Å². The summed E-state index contributed by atoms with van der Waals surface area (Å²) in [6.07, 6.45) is 1.33. The number of nitrogens with one attached hydrogen (secondary N) is 1. The fraction of sp³-hybridized carbons (Fsp3) is 0.160. The molecule has 36 heavy (non-hydrogen) atoms. The highest BCUT2D eigenvalue weighted by Crippen LogP contribution is 2.30. The molecule has 0 spiro atoms. The smallest absolute Gasteiger partial charge is 0.373 e. The molecule has 11 heteroatoms. The Morgan fingerprint density at radius 2 is 1.89 bits per heavy atom. The number of carbonyl (C=O) groups is 3. The Labute approximate surface area is 205 Å². The summed E-state index contributed by atoms with van der Waals surface area (Å²) in [5.74, 6) is -1.13. The van der Waals surface area contributed by atoms with Crippen LogP contribution in [-0.4, -0.2) is 34.8 Å². The van der Waals surface area contributed by atoms with Crippen molar-refractivity contribution in [3.63, 3.8) is 0 Å². The van der Waals surface area contributed by atoms with Crippen LogP contribution >= 0.6 is 0 Å². The zero-order valence-corrected chi connectivity index (χ0v) is 19.3. The number of nitrogens with zero attached hydrogens (tertiary/aromatic N) is 2. The Morgan fingerprint density at radius 3 is 2.58 bits per heavy atom. The Morgan fingerprint density at radius 1 is 1.14 bits per heavy atom. The van der Waals surface area contributed by atoms with E-state index >= 15 is 0 Å². The standard InChI is InChI=1S/C25H21N3O8/c1-15-3-5-16(6-4-15)14-35-21-9-7-17(12-20(21)28(32)33)11-19-23(29)27(25(31)26-19)13-18-8-10-22(36-18)24(30)34-2/h3-12H,13-14H2,1-2H3,(H,26,31). The van der Waals surface area contributed by atoms with Crippen molar-refractivity contribution in [3.05, 3.63) is 98.6 Å². The van der Waals surface area contributed by atoms with Crippen LogP contribution in [0.4, 0.5) is 10.5 Å². The summed E-state index contributed by atoms with van der Waals surface area (Å²) in [5, 5.41) is 14.1. The summed E-state index contributed by atoms with van der Waals surface area (Å²) in [6, 6.07) is 14.0. The number of hydrogen-bond donors (Lipinski definition) is 1. The van der Waals surface area contributed by atoms with Crippen LogP contribution < -0.4 is 10.1 Å². The van der Waals surface area contributed by atoms with Crippen LogP contribution in [0.15, 0.2) is 64.7 Å². The molecule has 3 aromatic rings. The molecule has 1 fully saturated rings. The average Bonchev–Trinajstić information content (AvgIpc) is 3.44. The second kappa shape index (κ2) is 10.1. The summed E-state index contributed by atoms with van der Waals surface area (Å²) in [6.45, 7) is 1.89. The van der Waals surface area contributed by atoms with Gasteiger partial charge in [-0.25, -0.2) is 9.59 Å². The first-order chi connectivity index (χ1) is 17.2. The van der Waals surface area contributed by atoms with Crippen molar-refractivity contribution in [3.8, 4) is 5.75 Å². The van der Waals surface area contributed by atoms with E-state index < -0.39 is 22.8 Å². The second-order valence-corrected chi connectivity index (χ2v) is 7.90. The van der Waals surface area contributed by atoms with E-state index in [-0.39, 0.29) is 41.8 Å². The third-order valence-corrected chi connectivity index (χ3v) is 5.33. The van der Waals surface area contributed by atoms with E-state index in [1.807, 2.05) is 31.2 Å². The number of hydrogen-bond acceptors (Lipinski definition) is 8. The fourth-order valence-corrected chi connectivity index (χ4v) is 3.45. The number of esters is 1. The molecule has 11 nitrogen and oxygen atoms in total. The van der Waals surface area contributed by atoms with Gasteiger partial charge in [0.05, 0.1) is 18.6 Å². The molecule has 0 saturated carbocycles. The van der Waals surface area contributed by atoms with E-state index in [0.717, 1.165) is 16.0 Å². The number of ether oxygens (including phenoxy) is 2. The molecule has 0 radical (unpaired) electrons. The van der Waals surface area contributed by atoms with Gasteiger partial charge in [0.25, 0.3) is 5.91 Å². The van der Waals surface area contributed by atoms with Gasteiger partial charge in [0.1, 0.15) is 18.1 Å². The largest absolute Gasteiger partial charge is 0.482 e. The maximum atomic E-state index is 12.8. The van der Waals surface area contributed by atoms with Crippen LogP contribution in [-0.2, 0) is 22.7 Å². The molecule has 1 aromatic heterocycles. The van der Waals surface area contributed by atoms with E-state index in [1.165, 1.54) is 37.5 Å². The van der Waals surface area contributed by atoms with E-state index in [9.17, 15) is 24.5 Å². The molecule has 0 bridgehead atoms. The summed E-state index contributed by atoms with van der Waals surface area (Å²) in [4.78, 5) is 48.6. The lowest BCUT2D eigenvalue weighted by molar-refractivity contribution is -0.386. The van der Waals surface area contributed by atoms with Crippen LogP contribution in [0.25, 0.3) is 6.08 Å². The second-order valence-electron chi connectivity index (χ2n) is 7.90. The fourth-order valence-electron chi connectivity index (χ4n) is 3.45. The molecule has 4 rings (SSSR count).